The number of halogens is 1. The van der Waals surface area contributed by atoms with Gasteiger partial charge in [-0.2, -0.15) is 23.9 Å². The van der Waals surface area contributed by atoms with E-state index in [-0.39, 0.29) is 9.90 Å². The largest absolute Gasteiger partial charge is 0.183 e. The fraction of sp³-hybridized carbons (Fsp3) is 0. The smallest absolute Gasteiger partial charge is 0.0777 e. The van der Waals surface area contributed by atoms with E-state index in [0.29, 0.717) is 0 Å². The molecule has 0 heterocycles. The predicted molar refractivity (Wildman–Crippen MR) is 39.4 cm³/mol. The Morgan fingerprint density at radius 2 is 1.38 bits per heavy atom. The summed E-state index contributed by atoms with van der Waals surface area (Å²) in [4.78, 5) is 0. The van der Waals surface area contributed by atoms with E-state index in [1.807, 2.05) is 18.2 Å². The minimum absolute atomic E-state index is 0. The van der Waals surface area contributed by atoms with Gasteiger partial charge in [-0.1, -0.05) is 0 Å². The first kappa shape index (κ1) is 16.0. The van der Waals surface area contributed by atoms with Crippen molar-refractivity contribution in [2.45, 2.75) is 0 Å². The normalized spacial score (nSPS) is 9.38. The van der Waals surface area contributed by atoms with E-state index in [9.17, 15) is 0 Å². The van der Waals surface area contributed by atoms with E-state index in [4.69, 9.17) is 18.6 Å². The number of rotatable bonds is 0. The number of benzene rings is 1. The predicted octanol–water partition coefficient (Wildman–Crippen LogP) is -3.21. The molecule has 1 aromatic rings. The molecule has 0 bridgehead atoms. The molecule has 7 heteroatoms. The van der Waals surface area contributed by atoms with Gasteiger partial charge in [-0.3, -0.25) is 0 Å². The van der Waals surface area contributed by atoms with Gasteiger partial charge in [0.1, 0.15) is 0 Å². The van der Waals surface area contributed by atoms with Gasteiger partial charge in [-0.25, -0.2) is 0 Å². The third-order valence-corrected chi connectivity index (χ3v) is 1.43. The van der Waals surface area contributed by atoms with Crippen molar-refractivity contribution in [3.63, 3.8) is 0 Å². The van der Waals surface area contributed by atoms with Crippen LogP contribution in [0.25, 0.3) is 0 Å². The molecule has 0 spiro atoms. The van der Waals surface area contributed by atoms with Crippen molar-refractivity contribution in [3.05, 3.63) is 30.3 Å². The molecule has 0 aliphatic rings. The Hall–Kier alpha value is 0.520. The second kappa shape index (κ2) is 7.88. The van der Waals surface area contributed by atoms with Crippen LogP contribution in [0.2, 0.25) is 0 Å². The van der Waals surface area contributed by atoms with Crippen LogP contribution in [0, 0.1) is 10.2 Å². The summed E-state index contributed by atoms with van der Waals surface area (Å²) in [6.45, 7) is 0. The minimum Gasteiger partial charge on any atom is -0.183 e. The van der Waals surface area contributed by atoms with Crippen LogP contribution >= 0.6 is 9.90 Å². The number of hydrogen-bond acceptors (Lipinski definition) is 4. The zero-order valence-corrected chi connectivity index (χ0v) is 10.8. The molecule has 0 radical (unpaired) electrons. The van der Waals surface area contributed by atoms with Crippen LogP contribution in [0.4, 0.5) is 0 Å². The standard InChI is InChI=1S/C6H5.Au.ClHO4.H3P/c1-2-4-6-5-3-1;;2-1(3,4)5;/h1-5H;;(H,2,3,4,5);1H3. The van der Waals surface area contributed by atoms with Gasteiger partial charge < -0.3 is 0 Å². The van der Waals surface area contributed by atoms with Gasteiger partial charge in [0.2, 0.25) is 0 Å². The maximum atomic E-state index is 8.60. The van der Waals surface area contributed by atoms with Gasteiger partial charge in [0.25, 0.3) is 0 Å². The fourth-order valence-electron chi connectivity index (χ4n) is 0.400. The summed E-state index contributed by atoms with van der Waals surface area (Å²) < 4.78 is 34.0. The third-order valence-electron chi connectivity index (χ3n) is 0.708. The van der Waals surface area contributed by atoms with E-state index >= 15 is 0 Å². The third kappa shape index (κ3) is 19.1. The van der Waals surface area contributed by atoms with Gasteiger partial charge in [0, 0.05) is 0 Å². The maximum absolute atomic E-state index is 8.60. The summed E-state index contributed by atoms with van der Waals surface area (Å²) >= 11 is 2.45. The van der Waals surface area contributed by atoms with Crippen molar-refractivity contribution in [1.82, 2.24) is 0 Å². The molecule has 4 nitrogen and oxygen atoms in total. The average molecular weight is 409 g/mol. The summed E-state index contributed by atoms with van der Waals surface area (Å²) in [7, 11) is -4.69. The van der Waals surface area contributed by atoms with Gasteiger partial charge in [0.05, 0.1) is 14.9 Å². The Morgan fingerprint density at radius 3 is 1.54 bits per heavy atom. The molecule has 0 saturated heterocycles. The molecule has 0 saturated carbocycles. The van der Waals surface area contributed by atoms with E-state index in [1.54, 1.807) is 0 Å². The first-order chi connectivity index (χ1) is 5.39. The van der Waals surface area contributed by atoms with Crippen LogP contribution in [0.3, 0.4) is 0 Å². The zero-order chi connectivity index (χ0) is 9.61. The maximum Gasteiger partial charge on any atom is 0.0777 e. The van der Waals surface area contributed by atoms with Gasteiger partial charge in [-0.05, 0) is 0 Å². The molecule has 0 fully saturated rings. The van der Waals surface area contributed by atoms with Crippen LogP contribution in [-0.4, -0.2) is 4.66 Å². The van der Waals surface area contributed by atoms with Crippen molar-refractivity contribution in [2.75, 3.05) is 0 Å². The van der Waals surface area contributed by atoms with Crippen LogP contribution in [-0.2, 0) is 21.1 Å². The first-order valence-electron chi connectivity index (χ1n) is 2.69. The molecule has 80 valence electrons. The van der Waals surface area contributed by atoms with E-state index < -0.39 is 10.2 Å². The Morgan fingerprint density at radius 1 is 1.08 bits per heavy atom. The van der Waals surface area contributed by atoms with Crippen LogP contribution in [0.15, 0.2) is 30.3 Å². The molecule has 0 aliphatic heterocycles. The average Bonchev–Trinajstić information content (AvgIpc) is 1.85. The van der Waals surface area contributed by atoms with Crippen LogP contribution in [0.1, 0.15) is 0 Å². The zero-order valence-electron chi connectivity index (χ0n) is 6.45. The van der Waals surface area contributed by atoms with Crippen molar-refractivity contribution < 1.29 is 49.9 Å². The van der Waals surface area contributed by atoms with E-state index in [2.05, 4.69) is 33.2 Å². The Labute approximate surface area is 93.9 Å². The Kier molecular flexibility index (Phi) is 9.68. The van der Waals surface area contributed by atoms with Gasteiger partial charge in [-0.15, -0.1) is 0 Å². The van der Waals surface area contributed by atoms with Gasteiger partial charge in [0.15, 0.2) is 0 Å². The summed E-state index contributed by atoms with van der Waals surface area (Å²) in [6, 6.07) is 10.2. The molecular formula is C6H9AuClO4P. The molecule has 0 aliphatic carbocycles. The number of hydrogen-bond donors (Lipinski definition) is 1. The summed E-state index contributed by atoms with van der Waals surface area (Å²) in [5.41, 5.74) is 0. The SMILES string of the molecule is P.[Au][c]1ccccc1.[O-][Cl+3]([O-])([O-])O. The van der Waals surface area contributed by atoms with E-state index in [1.165, 1.54) is 3.78 Å². The van der Waals surface area contributed by atoms with Gasteiger partial charge >= 0.3 is 55.2 Å². The van der Waals surface area contributed by atoms with Crippen LogP contribution < -0.4 is 17.8 Å². The quantitative estimate of drug-likeness (QED) is 0.362. The molecule has 1 unspecified atom stereocenters. The fourth-order valence-corrected chi connectivity index (χ4v) is 0.817. The minimum atomic E-state index is -4.69. The van der Waals surface area contributed by atoms with Crippen molar-refractivity contribution >= 4 is 13.7 Å². The monoisotopic (exact) mass is 408 g/mol. The molecular weight excluding hydrogens is 399 g/mol. The molecule has 0 amide bonds. The van der Waals surface area contributed by atoms with E-state index in [0.717, 1.165) is 0 Å². The molecule has 1 rings (SSSR count). The first-order valence-corrected chi connectivity index (χ1v) is 5.04. The van der Waals surface area contributed by atoms with Crippen molar-refractivity contribution in [1.29, 1.82) is 0 Å². The van der Waals surface area contributed by atoms with Crippen LogP contribution in [0.5, 0.6) is 0 Å². The van der Waals surface area contributed by atoms with Crippen molar-refractivity contribution in [2.24, 2.45) is 0 Å². The topological polar surface area (TPSA) is 89.4 Å². The molecule has 13 heavy (non-hydrogen) atoms. The van der Waals surface area contributed by atoms with Crippen molar-refractivity contribution in [3.8, 4) is 0 Å². The second-order valence-corrected chi connectivity index (χ2v) is 3.69. The molecule has 1 aromatic carbocycles. The molecule has 1 atom stereocenters. The summed E-state index contributed by atoms with van der Waals surface area (Å²) in [6.07, 6.45) is 0. The Balaban J connectivity index is 0. The summed E-state index contributed by atoms with van der Waals surface area (Å²) in [5.74, 6) is 0. The molecule has 0 aromatic heterocycles. The Bertz CT molecular complexity index is 210. The molecule has 1 N–H and O–H groups in total. The second-order valence-electron chi connectivity index (χ2n) is 1.65. The summed E-state index contributed by atoms with van der Waals surface area (Å²) in [5, 5.41) is 0.